The van der Waals surface area contributed by atoms with Crippen LogP contribution in [-0.2, 0) is 6.54 Å². The van der Waals surface area contributed by atoms with E-state index in [-0.39, 0.29) is 12.3 Å². The van der Waals surface area contributed by atoms with E-state index < -0.39 is 0 Å². The van der Waals surface area contributed by atoms with Crippen LogP contribution in [0.25, 0.3) is 0 Å². The molecule has 136 valence electrons. The van der Waals surface area contributed by atoms with Gasteiger partial charge >= 0.3 is 0 Å². The fourth-order valence-electron chi connectivity index (χ4n) is 2.46. The van der Waals surface area contributed by atoms with Crippen LogP contribution in [0.1, 0.15) is 29.3 Å². The standard InChI is InChI=1S/C19H20ClN3O3/c1-3-26-18-16(20)10-15(11-17(18)25-2)19(24)23(9-5-7-21)13-14-6-4-8-22-12-14/h4,6,8,10-12H,3,5,9,13H2,1-2H3. The highest BCUT2D eigenvalue weighted by Gasteiger charge is 2.20. The Hall–Kier alpha value is -2.78. The Bertz CT molecular complexity index is 791. The summed E-state index contributed by atoms with van der Waals surface area (Å²) in [5, 5.41) is 9.20. The van der Waals surface area contributed by atoms with Gasteiger partial charge in [-0.2, -0.15) is 5.26 Å². The van der Waals surface area contributed by atoms with E-state index in [0.717, 1.165) is 5.56 Å². The Morgan fingerprint density at radius 1 is 1.42 bits per heavy atom. The molecule has 0 saturated heterocycles. The maximum atomic E-state index is 13.0. The summed E-state index contributed by atoms with van der Waals surface area (Å²) in [4.78, 5) is 18.6. The second kappa shape index (κ2) is 9.64. The van der Waals surface area contributed by atoms with Crippen LogP contribution in [0.3, 0.4) is 0 Å². The second-order valence-corrected chi connectivity index (χ2v) is 5.83. The lowest BCUT2D eigenvalue weighted by molar-refractivity contribution is 0.0746. The smallest absolute Gasteiger partial charge is 0.254 e. The van der Waals surface area contributed by atoms with Gasteiger partial charge in [0.25, 0.3) is 5.91 Å². The van der Waals surface area contributed by atoms with Gasteiger partial charge in [0.15, 0.2) is 11.5 Å². The number of aromatic nitrogens is 1. The molecule has 7 heteroatoms. The highest BCUT2D eigenvalue weighted by molar-refractivity contribution is 6.32. The van der Waals surface area contributed by atoms with Gasteiger partial charge in [-0.1, -0.05) is 17.7 Å². The molecular formula is C19H20ClN3O3. The number of hydrogen-bond acceptors (Lipinski definition) is 5. The van der Waals surface area contributed by atoms with E-state index in [2.05, 4.69) is 11.1 Å². The normalized spacial score (nSPS) is 10.1. The van der Waals surface area contributed by atoms with Crippen molar-refractivity contribution in [1.29, 1.82) is 5.26 Å². The van der Waals surface area contributed by atoms with E-state index in [1.807, 2.05) is 13.0 Å². The number of methoxy groups -OCH3 is 1. The molecule has 6 nitrogen and oxygen atoms in total. The fourth-order valence-corrected chi connectivity index (χ4v) is 2.72. The molecule has 1 amide bonds. The maximum Gasteiger partial charge on any atom is 0.254 e. The monoisotopic (exact) mass is 373 g/mol. The van der Waals surface area contributed by atoms with Crippen molar-refractivity contribution in [1.82, 2.24) is 9.88 Å². The highest BCUT2D eigenvalue weighted by atomic mass is 35.5. The molecular weight excluding hydrogens is 354 g/mol. The third kappa shape index (κ3) is 4.87. The number of nitriles is 1. The third-order valence-electron chi connectivity index (χ3n) is 3.64. The van der Waals surface area contributed by atoms with Gasteiger partial charge in [0.1, 0.15) is 0 Å². The molecule has 0 aliphatic carbocycles. The quantitative estimate of drug-likeness (QED) is 0.705. The molecule has 0 unspecified atom stereocenters. The lowest BCUT2D eigenvalue weighted by Crippen LogP contribution is -2.31. The fraction of sp³-hybridized carbons (Fsp3) is 0.316. The van der Waals surface area contributed by atoms with Gasteiger partial charge < -0.3 is 14.4 Å². The number of ether oxygens (including phenoxy) is 2. The Kier molecular flexibility index (Phi) is 7.24. The predicted octanol–water partition coefficient (Wildman–Crippen LogP) is 3.70. The van der Waals surface area contributed by atoms with Crippen molar-refractivity contribution in [3.63, 3.8) is 0 Å². The van der Waals surface area contributed by atoms with Crippen LogP contribution < -0.4 is 9.47 Å². The summed E-state index contributed by atoms with van der Waals surface area (Å²) in [6.07, 6.45) is 3.59. The zero-order valence-corrected chi connectivity index (χ0v) is 15.5. The van der Waals surface area contributed by atoms with Gasteiger partial charge in [0, 0.05) is 31.0 Å². The minimum atomic E-state index is -0.243. The molecule has 0 aliphatic rings. The molecule has 0 bridgehead atoms. The van der Waals surface area contributed by atoms with Crippen molar-refractivity contribution in [3.8, 4) is 17.6 Å². The van der Waals surface area contributed by atoms with Gasteiger partial charge in [-0.3, -0.25) is 9.78 Å². The zero-order valence-electron chi connectivity index (χ0n) is 14.7. The lowest BCUT2D eigenvalue weighted by atomic mass is 10.1. The molecule has 0 saturated carbocycles. The third-order valence-corrected chi connectivity index (χ3v) is 3.92. The molecule has 0 aliphatic heterocycles. The van der Waals surface area contributed by atoms with Crippen LogP contribution in [0.2, 0.25) is 5.02 Å². The molecule has 0 N–H and O–H groups in total. The maximum absolute atomic E-state index is 13.0. The number of rotatable bonds is 8. The van der Waals surface area contributed by atoms with Gasteiger partial charge in [0.2, 0.25) is 0 Å². The number of pyridine rings is 1. The summed E-state index contributed by atoms with van der Waals surface area (Å²) < 4.78 is 10.8. The topological polar surface area (TPSA) is 75.5 Å². The van der Waals surface area contributed by atoms with Crippen LogP contribution in [0.4, 0.5) is 0 Å². The zero-order chi connectivity index (χ0) is 18.9. The number of benzene rings is 1. The van der Waals surface area contributed by atoms with Crippen LogP contribution >= 0.6 is 11.6 Å². The van der Waals surface area contributed by atoms with Gasteiger partial charge in [-0.05, 0) is 30.7 Å². The van der Waals surface area contributed by atoms with E-state index >= 15 is 0 Å². The summed E-state index contributed by atoms with van der Waals surface area (Å²) in [6.45, 7) is 2.92. The summed E-state index contributed by atoms with van der Waals surface area (Å²) >= 11 is 6.27. The van der Waals surface area contributed by atoms with E-state index in [1.54, 1.807) is 35.5 Å². The number of carbonyl (C=O) groups excluding carboxylic acids is 1. The Labute approximate surface area is 157 Å². The highest BCUT2D eigenvalue weighted by Crippen LogP contribution is 2.36. The van der Waals surface area contributed by atoms with Gasteiger partial charge in [0.05, 0.1) is 31.2 Å². The van der Waals surface area contributed by atoms with Crippen molar-refractivity contribution < 1.29 is 14.3 Å². The van der Waals surface area contributed by atoms with E-state index in [0.29, 0.717) is 41.8 Å². The Morgan fingerprint density at radius 3 is 2.85 bits per heavy atom. The van der Waals surface area contributed by atoms with Crippen molar-refractivity contribution in [2.45, 2.75) is 19.9 Å². The molecule has 26 heavy (non-hydrogen) atoms. The van der Waals surface area contributed by atoms with Crippen molar-refractivity contribution in [2.24, 2.45) is 0 Å². The number of halogens is 1. The predicted molar refractivity (Wildman–Crippen MR) is 98.4 cm³/mol. The van der Waals surface area contributed by atoms with Crippen LogP contribution in [-0.4, -0.2) is 36.1 Å². The lowest BCUT2D eigenvalue weighted by Gasteiger charge is -2.22. The second-order valence-electron chi connectivity index (χ2n) is 5.42. The summed E-state index contributed by atoms with van der Waals surface area (Å²) in [5.74, 6) is 0.556. The van der Waals surface area contributed by atoms with Crippen LogP contribution in [0.15, 0.2) is 36.7 Å². The molecule has 0 radical (unpaired) electrons. The average molecular weight is 374 g/mol. The molecule has 0 atom stereocenters. The molecule has 0 spiro atoms. The first-order valence-electron chi connectivity index (χ1n) is 8.16. The van der Waals surface area contributed by atoms with Crippen LogP contribution in [0.5, 0.6) is 11.5 Å². The van der Waals surface area contributed by atoms with Crippen molar-refractivity contribution in [2.75, 3.05) is 20.3 Å². The average Bonchev–Trinajstić information content (AvgIpc) is 2.66. The summed E-state index contributed by atoms with van der Waals surface area (Å²) in [5.41, 5.74) is 1.25. The van der Waals surface area contributed by atoms with E-state index in [1.165, 1.54) is 7.11 Å². The van der Waals surface area contributed by atoms with Crippen molar-refractivity contribution in [3.05, 3.63) is 52.8 Å². The molecule has 1 aromatic heterocycles. The minimum Gasteiger partial charge on any atom is -0.493 e. The molecule has 0 fully saturated rings. The molecule has 2 aromatic rings. The molecule has 1 aromatic carbocycles. The molecule has 2 rings (SSSR count). The minimum absolute atomic E-state index is 0.230. The first-order valence-corrected chi connectivity index (χ1v) is 8.54. The van der Waals surface area contributed by atoms with Gasteiger partial charge in [-0.15, -0.1) is 0 Å². The van der Waals surface area contributed by atoms with Crippen molar-refractivity contribution >= 4 is 17.5 Å². The largest absolute Gasteiger partial charge is 0.493 e. The number of amides is 1. The number of nitrogens with zero attached hydrogens (tertiary/aromatic N) is 3. The number of hydrogen-bond donors (Lipinski definition) is 0. The summed E-state index contributed by atoms with van der Waals surface area (Å²) in [7, 11) is 1.49. The van der Waals surface area contributed by atoms with E-state index in [9.17, 15) is 4.79 Å². The van der Waals surface area contributed by atoms with Crippen LogP contribution in [0, 0.1) is 11.3 Å². The van der Waals surface area contributed by atoms with Gasteiger partial charge in [-0.25, -0.2) is 0 Å². The Morgan fingerprint density at radius 2 is 2.23 bits per heavy atom. The van der Waals surface area contributed by atoms with E-state index in [4.69, 9.17) is 26.3 Å². The first-order chi connectivity index (χ1) is 12.6. The first kappa shape index (κ1) is 19.5. The molecule has 1 heterocycles. The SMILES string of the molecule is CCOc1c(Cl)cc(C(=O)N(CCC#N)Cc2cccnc2)cc1OC. The Balaban J connectivity index is 2.32. The summed E-state index contributed by atoms with van der Waals surface area (Å²) in [6, 6.07) is 8.91. The number of carbonyl (C=O) groups is 1.